The Labute approximate surface area is 127 Å². The second-order valence-electron chi connectivity index (χ2n) is 4.07. The minimum Gasteiger partial charge on any atom is -0.489 e. The maximum absolute atomic E-state index is 11.0. The lowest BCUT2D eigenvalue weighted by atomic mass is 10.1. The highest BCUT2D eigenvalue weighted by Gasteiger charge is 2.19. The first-order valence-electron chi connectivity index (χ1n) is 5.77. The smallest absolute Gasteiger partial charge is 0.282 e. The predicted octanol–water partition coefficient (Wildman–Crippen LogP) is 3.84. The first-order valence-corrected chi connectivity index (χ1v) is 6.57. The summed E-state index contributed by atoms with van der Waals surface area (Å²) in [5.74, 6) is 0.547. The molecule has 0 bridgehead atoms. The van der Waals surface area contributed by atoms with Crippen molar-refractivity contribution in [3.8, 4) is 5.75 Å². The first kappa shape index (κ1) is 14.9. The summed E-state index contributed by atoms with van der Waals surface area (Å²) >= 11 is 3.28. The quantitative estimate of drug-likeness (QED) is 0.601. The molecule has 8 heteroatoms. The van der Waals surface area contributed by atoms with Gasteiger partial charge >= 0.3 is 0 Å². The fourth-order valence-corrected chi connectivity index (χ4v) is 1.91. The standard InChI is InChI=1S/C13H9BrN2O5/c14-10-2-5-12(6-3-10)21-8-9-1-4-11(15(17)18)7-13(9)16(19)20/h1-7H,8H2. The number of benzene rings is 2. The predicted molar refractivity (Wildman–Crippen MR) is 78.2 cm³/mol. The summed E-state index contributed by atoms with van der Waals surface area (Å²) in [6, 6.07) is 10.4. The molecule has 0 fully saturated rings. The third kappa shape index (κ3) is 3.76. The van der Waals surface area contributed by atoms with Crippen LogP contribution < -0.4 is 4.74 Å². The van der Waals surface area contributed by atoms with Crippen molar-refractivity contribution >= 4 is 27.3 Å². The Morgan fingerprint density at radius 2 is 1.67 bits per heavy atom. The second-order valence-corrected chi connectivity index (χ2v) is 4.99. The topological polar surface area (TPSA) is 95.5 Å². The molecule has 108 valence electrons. The molecule has 0 atom stereocenters. The van der Waals surface area contributed by atoms with E-state index in [9.17, 15) is 20.2 Å². The number of nitro groups is 2. The van der Waals surface area contributed by atoms with Gasteiger partial charge in [-0.3, -0.25) is 20.2 Å². The maximum atomic E-state index is 11.0. The molecule has 0 saturated heterocycles. The van der Waals surface area contributed by atoms with Crippen molar-refractivity contribution in [1.29, 1.82) is 0 Å². The van der Waals surface area contributed by atoms with Crippen molar-refractivity contribution in [2.75, 3.05) is 0 Å². The van der Waals surface area contributed by atoms with Gasteiger partial charge < -0.3 is 4.74 Å². The molecule has 0 heterocycles. The van der Waals surface area contributed by atoms with Crippen LogP contribution in [0.2, 0.25) is 0 Å². The molecule has 0 aliphatic carbocycles. The lowest BCUT2D eigenvalue weighted by Crippen LogP contribution is -2.01. The maximum Gasteiger partial charge on any atom is 0.282 e. The van der Waals surface area contributed by atoms with Gasteiger partial charge in [0, 0.05) is 10.5 Å². The molecule has 0 aromatic heterocycles. The van der Waals surface area contributed by atoms with Gasteiger partial charge in [-0.05, 0) is 30.3 Å². The number of hydrogen-bond donors (Lipinski definition) is 0. The van der Waals surface area contributed by atoms with E-state index in [0.29, 0.717) is 5.75 Å². The zero-order valence-corrected chi connectivity index (χ0v) is 12.1. The molecule has 2 aromatic carbocycles. The Balaban J connectivity index is 2.21. The Bertz CT molecular complexity index is 687. The van der Waals surface area contributed by atoms with Crippen molar-refractivity contribution in [2.24, 2.45) is 0 Å². The molecule has 7 nitrogen and oxygen atoms in total. The van der Waals surface area contributed by atoms with Crippen LogP contribution in [-0.2, 0) is 6.61 Å². The molecule has 2 rings (SSSR count). The normalized spacial score (nSPS) is 10.1. The van der Waals surface area contributed by atoms with Gasteiger partial charge in [0.15, 0.2) is 0 Å². The van der Waals surface area contributed by atoms with Crippen molar-refractivity contribution in [3.63, 3.8) is 0 Å². The van der Waals surface area contributed by atoms with Crippen LogP contribution in [0.15, 0.2) is 46.9 Å². The zero-order chi connectivity index (χ0) is 15.4. The van der Waals surface area contributed by atoms with Gasteiger partial charge in [0.05, 0.1) is 21.5 Å². The third-order valence-corrected chi connectivity index (χ3v) is 3.21. The first-order chi connectivity index (χ1) is 9.97. The van der Waals surface area contributed by atoms with Crippen LogP contribution in [0.1, 0.15) is 5.56 Å². The third-order valence-electron chi connectivity index (χ3n) is 2.68. The van der Waals surface area contributed by atoms with Gasteiger partial charge in [-0.15, -0.1) is 0 Å². The number of ether oxygens (including phenoxy) is 1. The van der Waals surface area contributed by atoms with Crippen LogP contribution in [0.4, 0.5) is 11.4 Å². The van der Waals surface area contributed by atoms with Crippen LogP contribution in [0, 0.1) is 20.2 Å². The molecule has 2 aromatic rings. The van der Waals surface area contributed by atoms with Crippen LogP contribution >= 0.6 is 15.9 Å². The van der Waals surface area contributed by atoms with E-state index < -0.39 is 9.85 Å². The summed E-state index contributed by atoms with van der Waals surface area (Å²) in [4.78, 5) is 20.3. The average Bonchev–Trinajstić information content (AvgIpc) is 2.46. The number of rotatable bonds is 5. The van der Waals surface area contributed by atoms with Gasteiger partial charge in [-0.1, -0.05) is 15.9 Å². The molecule has 0 radical (unpaired) electrons. The largest absolute Gasteiger partial charge is 0.489 e. The monoisotopic (exact) mass is 352 g/mol. The Kier molecular flexibility index (Phi) is 4.49. The molecule has 0 spiro atoms. The van der Waals surface area contributed by atoms with Crippen molar-refractivity contribution < 1.29 is 14.6 Å². The van der Waals surface area contributed by atoms with Crippen molar-refractivity contribution in [3.05, 3.63) is 72.7 Å². The molecule has 21 heavy (non-hydrogen) atoms. The highest BCUT2D eigenvalue weighted by Crippen LogP contribution is 2.26. The summed E-state index contributed by atoms with van der Waals surface area (Å²) in [5.41, 5.74) is -0.385. The molecule has 0 saturated carbocycles. The van der Waals surface area contributed by atoms with E-state index in [-0.39, 0.29) is 23.5 Å². The number of non-ortho nitro benzene ring substituents is 1. The van der Waals surface area contributed by atoms with Crippen molar-refractivity contribution in [2.45, 2.75) is 6.61 Å². The molecule has 0 aliphatic rings. The molecule has 0 N–H and O–H groups in total. The lowest BCUT2D eigenvalue weighted by Gasteiger charge is -2.07. The highest BCUT2D eigenvalue weighted by atomic mass is 79.9. The number of hydrogen-bond acceptors (Lipinski definition) is 5. The van der Waals surface area contributed by atoms with E-state index in [2.05, 4.69) is 15.9 Å². The van der Waals surface area contributed by atoms with Crippen molar-refractivity contribution in [1.82, 2.24) is 0 Å². The van der Waals surface area contributed by atoms with Gasteiger partial charge in [0.1, 0.15) is 12.4 Å². The summed E-state index contributed by atoms with van der Waals surface area (Å²) < 4.78 is 6.33. The Hall–Kier alpha value is -2.48. The number of halogens is 1. The van der Waals surface area contributed by atoms with Crippen LogP contribution in [0.5, 0.6) is 5.75 Å². The van der Waals surface area contributed by atoms with Gasteiger partial charge in [-0.2, -0.15) is 0 Å². The average molecular weight is 353 g/mol. The Morgan fingerprint density at radius 3 is 2.24 bits per heavy atom. The summed E-state index contributed by atoms with van der Waals surface area (Å²) in [5, 5.41) is 21.6. The van der Waals surface area contributed by atoms with E-state index in [4.69, 9.17) is 4.74 Å². The highest BCUT2D eigenvalue weighted by molar-refractivity contribution is 9.10. The van der Waals surface area contributed by atoms with Crippen LogP contribution in [0.3, 0.4) is 0 Å². The fraction of sp³-hybridized carbons (Fsp3) is 0.0769. The van der Waals surface area contributed by atoms with Gasteiger partial charge in [-0.25, -0.2) is 0 Å². The lowest BCUT2D eigenvalue weighted by molar-refractivity contribution is -0.394. The zero-order valence-electron chi connectivity index (χ0n) is 10.6. The summed E-state index contributed by atoms with van der Waals surface area (Å²) in [7, 11) is 0. The summed E-state index contributed by atoms with van der Waals surface area (Å²) in [6.45, 7) is -0.0457. The van der Waals surface area contributed by atoms with Crippen LogP contribution in [-0.4, -0.2) is 9.85 Å². The second kappa shape index (κ2) is 6.31. The minimum absolute atomic E-state index is 0.0457. The number of nitro benzene ring substituents is 2. The molecular weight excluding hydrogens is 344 g/mol. The molecule has 0 unspecified atom stereocenters. The van der Waals surface area contributed by atoms with Gasteiger partial charge in [0.2, 0.25) is 0 Å². The van der Waals surface area contributed by atoms with Gasteiger partial charge in [0.25, 0.3) is 11.4 Å². The van der Waals surface area contributed by atoms with E-state index in [0.717, 1.165) is 10.5 Å². The fourth-order valence-electron chi connectivity index (χ4n) is 1.65. The van der Waals surface area contributed by atoms with E-state index in [1.165, 1.54) is 12.1 Å². The van der Waals surface area contributed by atoms with E-state index >= 15 is 0 Å². The van der Waals surface area contributed by atoms with Crippen LogP contribution in [0.25, 0.3) is 0 Å². The molecular formula is C13H9BrN2O5. The van der Waals surface area contributed by atoms with E-state index in [1.807, 2.05) is 0 Å². The molecule has 0 aliphatic heterocycles. The minimum atomic E-state index is -0.674. The molecule has 0 amide bonds. The SMILES string of the molecule is O=[N+]([O-])c1ccc(COc2ccc(Br)cc2)c([N+](=O)[O-])c1. The Morgan fingerprint density at radius 1 is 1.00 bits per heavy atom. The number of nitrogens with zero attached hydrogens (tertiary/aromatic N) is 2. The summed E-state index contributed by atoms with van der Waals surface area (Å²) in [6.07, 6.45) is 0. The van der Waals surface area contributed by atoms with E-state index in [1.54, 1.807) is 24.3 Å².